The predicted octanol–water partition coefficient (Wildman–Crippen LogP) is 4.35. The van der Waals surface area contributed by atoms with E-state index in [-0.39, 0.29) is 5.60 Å². The number of ether oxygens (including phenoxy) is 1. The number of allylic oxidation sites excluding steroid dienone is 2. The van der Waals surface area contributed by atoms with Gasteiger partial charge in [-0.15, -0.1) is 0 Å². The van der Waals surface area contributed by atoms with Gasteiger partial charge in [-0.2, -0.15) is 0 Å². The summed E-state index contributed by atoms with van der Waals surface area (Å²) in [6.45, 7) is 9.39. The zero-order valence-corrected chi connectivity index (χ0v) is 12.1. The van der Waals surface area contributed by atoms with Crippen molar-refractivity contribution >= 4 is 22.6 Å². The van der Waals surface area contributed by atoms with Crippen molar-refractivity contribution in [2.75, 3.05) is 11.0 Å². The van der Waals surface area contributed by atoms with Gasteiger partial charge in [-0.3, -0.25) is 0 Å². The van der Waals surface area contributed by atoms with Gasteiger partial charge < -0.3 is 4.74 Å². The summed E-state index contributed by atoms with van der Waals surface area (Å²) in [5, 5.41) is 0. The lowest BCUT2D eigenvalue weighted by Gasteiger charge is -2.19. The Labute approximate surface area is 102 Å². The zero-order valence-electron chi connectivity index (χ0n) is 9.90. The van der Waals surface area contributed by atoms with Crippen LogP contribution in [0.25, 0.3) is 0 Å². The Morgan fingerprint density at radius 3 is 2.50 bits per heavy atom. The summed E-state index contributed by atoms with van der Waals surface area (Å²) in [6.07, 6.45) is 5.85. The summed E-state index contributed by atoms with van der Waals surface area (Å²) in [4.78, 5) is 0. The fourth-order valence-corrected chi connectivity index (χ4v) is 1.44. The Hall–Kier alpha value is 0.430. The molecule has 0 rings (SSSR count). The number of alkyl halides is 1. The van der Waals surface area contributed by atoms with Crippen LogP contribution in [0.4, 0.5) is 0 Å². The zero-order chi connectivity index (χ0) is 11.0. The van der Waals surface area contributed by atoms with Crippen molar-refractivity contribution in [2.24, 2.45) is 0 Å². The van der Waals surface area contributed by atoms with E-state index in [1.165, 1.54) is 22.8 Å². The second kappa shape index (κ2) is 7.69. The number of hydrogen-bond donors (Lipinski definition) is 0. The molecule has 0 aromatic carbocycles. The van der Waals surface area contributed by atoms with E-state index in [1.807, 2.05) is 0 Å². The Kier molecular flexibility index (Phi) is 7.92. The standard InChI is InChI=1S/C12H23IO/c1-11(7-5-9-13)8-6-10-14-12(2,3)4/h7H,5-6,8-10H2,1-4H3/b11-7+. The number of halogens is 1. The Morgan fingerprint density at radius 2 is 2.00 bits per heavy atom. The minimum atomic E-state index is 0.0137. The molecule has 0 aromatic heterocycles. The summed E-state index contributed by atoms with van der Waals surface area (Å²) >= 11 is 2.41. The molecule has 84 valence electrons. The molecular weight excluding hydrogens is 287 g/mol. The third-order valence-electron chi connectivity index (χ3n) is 1.85. The summed E-state index contributed by atoms with van der Waals surface area (Å²) in [5.74, 6) is 0. The van der Waals surface area contributed by atoms with Crippen molar-refractivity contribution in [1.82, 2.24) is 0 Å². The van der Waals surface area contributed by atoms with Crippen molar-refractivity contribution in [1.29, 1.82) is 0 Å². The molecule has 0 bridgehead atoms. The lowest BCUT2D eigenvalue weighted by molar-refractivity contribution is -0.00384. The normalized spacial score (nSPS) is 13.4. The molecule has 0 unspecified atom stereocenters. The first kappa shape index (κ1) is 14.4. The lowest BCUT2D eigenvalue weighted by Crippen LogP contribution is -2.19. The highest BCUT2D eigenvalue weighted by Crippen LogP contribution is 2.10. The van der Waals surface area contributed by atoms with Gasteiger partial charge in [0.15, 0.2) is 0 Å². The predicted molar refractivity (Wildman–Crippen MR) is 72.2 cm³/mol. The number of rotatable bonds is 6. The Morgan fingerprint density at radius 1 is 1.36 bits per heavy atom. The molecule has 1 nitrogen and oxygen atoms in total. The van der Waals surface area contributed by atoms with E-state index in [0.29, 0.717) is 0 Å². The van der Waals surface area contributed by atoms with E-state index in [2.05, 4.69) is 56.4 Å². The highest BCUT2D eigenvalue weighted by Gasteiger charge is 2.08. The lowest BCUT2D eigenvalue weighted by atomic mass is 10.1. The van der Waals surface area contributed by atoms with Gasteiger partial charge in [0.1, 0.15) is 0 Å². The SMILES string of the molecule is C/C(=C\CCI)CCCOC(C)(C)C. The molecular formula is C12H23IO. The first-order valence-electron chi connectivity index (χ1n) is 5.31. The van der Waals surface area contributed by atoms with Gasteiger partial charge in [0, 0.05) is 11.0 Å². The van der Waals surface area contributed by atoms with Gasteiger partial charge in [0.25, 0.3) is 0 Å². The minimum absolute atomic E-state index is 0.0137. The average Bonchev–Trinajstić information content (AvgIpc) is 2.07. The molecule has 0 fully saturated rings. The third-order valence-corrected chi connectivity index (χ3v) is 2.48. The molecule has 0 radical (unpaired) electrons. The average molecular weight is 310 g/mol. The maximum absolute atomic E-state index is 5.66. The van der Waals surface area contributed by atoms with Crippen molar-refractivity contribution in [2.45, 2.75) is 52.6 Å². The minimum Gasteiger partial charge on any atom is -0.376 e. The molecule has 0 amide bonds. The van der Waals surface area contributed by atoms with Crippen LogP contribution in [0.15, 0.2) is 11.6 Å². The summed E-state index contributed by atoms with van der Waals surface area (Å²) in [7, 11) is 0. The van der Waals surface area contributed by atoms with Crippen molar-refractivity contribution < 1.29 is 4.74 Å². The second-order valence-corrected chi connectivity index (χ2v) is 5.67. The number of hydrogen-bond acceptors (Lipinski definition) is 1. The maximum Gasteiger partial charge on any atom is 0.0598 e. The monoisotopic (exact) mass is 310 g/mol. The molecule has 0 heterocycles. The highest BCUT2D eigenvalue weighted by molar-refractivity contribution is 14.1. The molecule has 0 saturated carbocycles. The summed E-state index contributed by atoms with van der Waals surface area (Å²) in [6, 6.07) is 0. The molecule has 2 heteroatoms. The fourth-order valence-electron chi connectivity index (χ4n) is 1.13. The van der Waals surface area contributed by atoms with Crippen LogP contribution in [-0.2, 0) is 4.74 Å². The highest BCUT2D eigenvalue weighted by atomic mass is 127. The molecule has 0 atom stereocenters. The van der Waals surface area contributed by atoms with E-state index >= 15 is 0 Å². The summed E-state index contributed by atoms with van der Waals surface area (Å²) in [5.41, 5.74) is 1.51. The molecule has 0 saturated heterocycles. The topological polar surface area (TPSA) is 9.23 Å². The summed E-state index contributed by atoms with van der Waals surface area (Å²) < 4.78 is 6.87. The second-order valence-electron chi connectivity index (χ2n) is 4.59. The van der Waals surface area contributed by atoms with Gasteiger partial charge in [-0.25, -0.2) is 0 Å². The van der Waals surface area contributed by atoms with Gasteiger partial charge in [-0.1, -0.05) is 34.2 Å². The Bertz CT molecular complexity index is 168. The third kappa shape index (κ3) is 10.5. The van der Waals surface area contributed by atoms with E-state index < -0.39 is 0 Å². The van der Waals surface area contributed by atoms with Crippen molar-refractivity contribution in [3.8, 4) is 0 Å². The van der Waals surface area contributed by atoms with Gasteiger partial charge in [-0.05, 0) is 47.0 Å². The fraction of sp³-hybridized carbons (Fsp3) is 0.833. The van der Waals surface area contributed by atoms with Crippen LogP contribution in [0.5, 0.6) is 0 Å². The molecule has 0 aliphatic heterocycles. The van der Waals surface area contributed by atoms with E-state index in [1.54, 1.807) is 0 Å². The van der Waals surface area contributed by atoms with Crippen LogP contribution in [0.2, 0.25) is 0 Å². The van der Waals surface area contributed by atoms with Crippen LogP contribution in [0.1, 0.15) is 47.0 Å². The van der Waals surface area contributed by atoms with E-state index in [9.17, 15) is 0 Å². The quantitative estimate of drug-likeness (QED) is 0.307. The van der Waals surface area contributed by atoms with Crippen LogP contribution in [-0.4, -0.2) is 16.6 Å². The van der Waals surface area contributed by atoms with E-state index in [4.69, 9.17) is 4.74 Å². The first-order chi connectivity index (χ1) is 6.45. The van der Waals surface area contributed by atoms with Gasteiger partial charge in [0.05, 0.1) is 5.60 Å². The molecule has 0 aliphatic rings. The van der Waals surface area contributed by atoms with Crippen molar-refractivity contribution in [3.05, 3.63) is 11.6 Å². The molecule has 0 spiro atoms. The largest absolute Gasteiger partial charge is 0.376 e. The van der Waals surface area contributed by atoms with Gasteiger partial charge in [0.2, 0.25) is 0 Å². The Balaban J connectivity index is 3.45. The maximum atomic E-state index is 5.66. The molecule has 0 N–H and O–H groups in total. The molecule has 0 aliphatic carbocycles. The van der Waals surface area contributed by atoms with Crippen LogP contribution < -0.4 is 0 Å². The molecule has 0 aromatic rings. The van der Waals surface area contributed by atoms with Crippen LogP contribution >= 0.6 is 22.6 Å². The van der Waals surface area contributed by atoms with E-state index in [0.717, 1.165) is 13.0 Å². The van der Waals surface area contributed by atoms with Crippen LogP contribution in [0.3, 0.4) is 0 Å². The smallest absolute Gasteiger partial charge is 0.0598 e. The van der Waals surface area contributed by atoms with Crippen LogP contribution in [0, 0.1) is 0 Å². The molecule has 14 heavy (non-hydrogen) atoms. The van der Waals surface area contributed by atoms with Crippen molar-refractivity contribution in [3.63, 3.8) is 0 Å². The van der Waals surface area contributed by atoms with Gasteiger partial charge >= 0.3 is 0 Å². The first-order valence-corrected chi connectivity index (χ1v) is 6.84.